The number of hydrogen-bond donors (Lipinski definition) is 2. The molecule has 104 valence electrons. The standard InChI is InChI=1S/C13H16ClNO4/c1-2-4-11(13(17)18)15-12(16)8-19-10-6-3-5-9(14)7-10/h3,5-7,11H,2,4,8H2,1H3,(H,15,16)(H,17,18)/t11-/m1/s1. The molecule has 2 N–H and O–H groups in total. The number of nitrogens with one attached hydrogen (secondary N) is 1. The summed E-state index contributed by atoms with van der Waals surface area (Å²) in [7, 11) is 0. The van der Waals surface area contributed by atoms with Crippen LogP contribution < -0.4 is 10.1 Å². The van der Waals surface area contributed by atoms with Crippen LogP contribution in [0.2, 0.25) is 5.02 Å². The normalized spacial score (nSPS) is 11.7. The van der Waals surface area contributed by atoms with Gasteiger partial charge in [0.2, 0.25) is 0 Å². The molecule has 0 saturated carbocycles. The van der Waals surface area contributed by atoms with E-state index >= 15 is 0 Å². The third-order valence-electron chi connectivity index (χ3n) is 2.38. The Kier molecular flexibility index (Phi) is 6.15. The van der Waals surface area contributed by atoms with Gasteiger partial charge in [-0.2, -0.15) is 0 Å². The first-order chi connectivity index (χ1) is 9.02. The third kappa shape index (κ3) is 5.61. The maximum atomic E-state index is 11.6. The minimum Gasteiger partial charge on any atom is -0.484 e. The zero-order valence-electron chi connectivity index (χ0n) is 10.6. The molecule has 6 heteroatoms. The van der Waals surface area contributed by atoms with E-state index in [1.54, 1.807) is 24.3 Å². The van der Waals surface area contributed by atoms with Crippen molar-refractivity contribution in [1.29, 1.82) is 0 Å². The summed E-state index contributed by atoms with van der Waals surface area (Å²) in [6, 6.07) is 5.76. The number of rotatable bonds is 7. The van der Waals surface area contributed by atoms with Gasteiger partial charge in [-0.05, 0) is 24.6 Å². The summed E-state index contributed by atoms with van der Waals surface area (Å²) >= 11 is 5.77. The van der Waals surface area contributed by atoms with Crippen LogP contribution in [0.4, 0.5) is 0 Å². The van der Waals surface area contributed by atoms with E-state index in [4.69, 9.17) is 21.4 Å². The van der Waals surface area contributed by atoms with Crippen molar-refractivity contribution in [3.63, 3.8) is 0 Å². The van der Waals surface area contributed by atoms with Crippen LogP contribution in [0.5, 0.6) is 5.75 Å². The van der Waals surface area contributed by atoms with Crippen molar-refractivity contribution in [1.82, 2.24) is 5.32 Å². The van der Waals surface area contributed by atoms with Crippen molar-refractivity contribution in [3.05, 3.63) is 29.3 Å². The van der Waals surface area contributed by atoms with Gasteiger partial charge in [-0.3, -0.25) is 4.79 Å². The van der Waals surface area contributed by atoms with Gasteiger partial charge in [0.15, 0.2) is 6.61 Å². The molecule has 0 aliphatic heterocycles. The first-order valence-electron chi connectivity index (χ1n) is 5.93. The van der Waals surface area contributed by atoms with Crippen molar-refractivity contribution in [2.75, 3.05) is 6.61 Å². The maximum absolute atomic E-state index is 11.6. The lowest BCUT2D eigenvalue weighted by molar-refractivity contribution is -0.142. The van der Waals surface area contributed by atoms with Crippen molar-refractivity contribution in [2.45, 2.75) is 25.8 Å². The predicted octanol–water partition coefficient (Wildman–Crippen LogP) is 2.09. The third-order valence-corrected chi connectivity index (χ3v) is 2.61. The van der Waals surface area contributed by atoms with E-state index in [-0.39, 0.29) is 6.61 Å². The van der Waals surface area contributed by atoms with E-state index in [0.29, 0.717) is 23.6 Å². The van der Waals surface area contributed by atoms with E-state index in [9.17, 15) is 9.59 Å². The van der Waals surface area contributed by atoms with Crippen molar-refractivity contribution < 1.29 is 19.4 Å². The van der Waals surface area contributed by atoms with E-state index < -0.39 is 17.9 Å². The summed E-state index contributed by atoms with van der Waals surface area (Å²) in [4.78, 5) is 22.4. The summed E-state index contributed by atoms with van der Waals surface area (Å²) in [5, 5.41) is 11.8. The van der Waals surface area contributed by atoms with Crippen molar-refractivity contribution in [3.8, 4) is 5.75 Å². The van der Waals surface area contributed by atoms with Gasteiger partial charge in [-0.1, -0.05) is 31.0 Å². The van der Waals surface area contributed by atoms with Gasteiger partial charge < -0.3 is 15.2 Å². The fourth-order valence-electron chi connectivity index (χ4n) is 1.49. The van der Waals surface area contributed by atoms with Crippen LogP contribution in [0, 0.1) is 0 Å². The van der Waals surface area contributed by atoms with Crippen LogP contribution >= 0.6 is 11.6 Å². The molecule has 19 heavy (non-hydrogen) atoms. The number of halogens is 1. The molecule has 5 nitrogen and oxygen atoms in total. The lowest BCUT2D eigenvalue weighted by atomic mass is 10.2. The molecule has 1 atom stereocenters. The number of carboxylic acid groups (broad SMARTS) is 1. The second kappa shape index (κ2) is 7.63. The minimum atomic E-state index is -1.04. The Morgan fingerprint density at radius 3 is 2.79 bits per heavy atom. The second-order valence-electron chi connectivity index (χ2n) is 3.99. The molecule has 0 aliphatic rings. The number of hydrogen-bond acceptors (Lipinski definition) is 3. The molecule has 0 fully saturated rings. The van der Waals surface area contributed by atoms with Gasteiger partial charge >= 0.3 is 5.97 Å². The summed E-state index contributed by atoms with van der Waals surface area (Å²) in [5.74, 6) is -1.05. The Bertz CT molecular complexity index is 450. The number of carboxylic acids is 1. The number of carbonyl (C=O) groups is 2. The molecule has 0 aliphatic carbocycles. The highest BCUT2D eigenvalue weighted by molar-refractivity contribution is 6.30. The topological polar surface area (TPSA) is 75.6 Å². The quantitative estimate of drug-likeness (QED) is 0.804. The lowest BCUT2D eigenvalue weighted by Gasteiger charge is -2.13. The Hall–Kier alpha value is -1.75. The van der Waals surface area contributed by atoms with E-state index in [1.807, 2.05) is 6.92 Å². The van der Waals surface area contributed by atoms with E-state index in [2.05, 4.69) is 5.32 Å². The highest BCUT2D eigenvalue weighted by Gasteiger charge is 2.18. The maximum Gasteiger partial charge on any atom is 0.326 e. The Morgan fingerprint density at radius 1 is 1.47 bits per heavy atom. The smallest absolute Gasteiger partial charge is 0.326 e. The molecule has 0 bridgehead atoms. The Balaban J connectivity index is 2.44. The fourth-order valence-corrected chi connectivity index (χ4v) is 1.67. The molecule has 0 spiro atoms. The van der Waals surface area contributed by atoms with Crippen LogP contribution in [0.3, 0.4) is 0 Å². The second-order valence-corrected chi connectivity index (χ2v) is 4.43. The first-order valence-corrected chi connectivity index (χ1v) is 6.31. The molecule has 0 aromatic heterocycles. The number of carbonyl (C=O) groups excluding carboxylic acids is 1. The highest BCUT2D eigenvalue weighted by atomic mass is 35.5. The van der Waals surface area contributed by atoms with Crippen LogP contribution in [0.15, 0.2) is 24.3 Å². The zero-order valence-corrected chi connectivity index (χ0v) is 11.3. The minimum absolute atomic E-state index is 0.242. The van der Waals surface area contributed by atoms with Gasteiger partial charge in [0, 0.05) is 5.02 Å². The van der Waals surface area contributed by atoms with E-state index in [1.165, 1.54) is 0 Å². The van der Waals surface area contributed by atoms with E-state index in [0.717, 1.165) is 0 Å². The predicted molar refractivity (Wildman–Crippen MR) is 71.4 cm³/mol. The van der Waals surface area contributed by atoms with Crippen molar-refractivity contribution >= 4 is 23.5 Å². The van der Waals surface area contributed by atoms with Gasteiger partial charge in [-0.25, -0.2) is 4.79 Å². The van der Waals surface area contributed by atoms with Crippen molar-refractivity contribution in [2.24, 2.45) is 0 Å². The molecule has 0 radical (unpaired) electrons. The molecular weight excluding hydrogens is 270 g/mol. The first kappa shape index (κ1) is 15.3. The van der Waals surface area contributed by atoms with Crippen LogP contribution in [0.1, 0.15) is 19.8 Å². The average Bonchev–Trinajstić information content (AvgIpc) is 2.36. The lowest BCUT2D eigenvalue weighted by Crippen LogP contribution is -2.42. The average molecular weight is 286 g/mol. The van der Waals surface area contributed by atoms with Gasteiger partial charge in [0.1, 0.15) is 11.8 Å². The van der Waals surface area contributed by atoms with Gasteiger partial charge in [0.25, 0.3) is 5.91 Å². The molecule has 0 heterocycles. The number of ether oxygens (including phenoxy) is 1. The summed E-state index contributed by atoms with van der Waals surface area (Å²) in [6.45, 7) is 1.61. The fraction of sp³-hybridized carbons (Fsp3) is 0.385. The molecule has 0 saturated heterocycles. The van der Waals surface area contributed by atoms with Gasteiger partial charge in [-0.15, -0.1) is 0 Å². The number of aliphatic carboxylic acids is 1. The Morgan fingerprint density at radius 2 is 2.21 bits per heavy atom. The van der Waals surface area contributed by atoms with Crippen LogP contribution in [0.25, 0.3) is 0 Å². The summed E-state index contributed by atoms with van der Waals surface area (Å²) in [5.41, 5.74) is 0. The number of amides is 1. The molecule has 1 rings (SSSR count). The highest BCUT2D eigenvalue weighted by Crippen LogP contribution is 2.16. The molecular formula is C13H16ClNO4. The number of benzene rings is 1. The largest absolute Gasteiger partial charge is 0.484 e. The Labute approximate surface area is 116 Å². The molecule has 1 aromatic carbocycles. The monoisotopic (exact) mass is 285 g/mol. The summed E-state index contributed by atoms with van der Waals surface area (Å²) < 4.78 is 5.22. The molecule has 0 unspecified atom stereocenters. The summed E-state index contributed by atoms with van der Waals surface area (Å²) in [6.07, 6.45) is 1.06. The van der Waals surface area contributed by atoms with Crippen LogP contribution in [-0.2, 0) is 9.59 Å². The zero-order chi connectivity index (χ0) is 14.3. The van der Waals surface area contributed by atoms with Gasteiger partial charge in [0.05, 0.1) is 0 Å². The molecule has 1 aromatic rings. The van der Waals surface area contributed by atoms with Crippen LogP contribution in [-0.4, -0.2) is 29.6 Å². The molecule has 1 amide bonds. The SMILES string of the molecule is CCC[C@@H](NC(=O)COc1cccc(Cl)c1)C(=O)O.